The Hall–Kier alpha value is -2.51. The Morgan fingerprint density at radius 1 is 1.35 bits per heavy atom. The van der Waals surface area contributed by atoms with Gasteiger partial charge in [0, 0.05) is 0 Å². The van der Waals surface area contributed by atoms with Crippen LogP contribution in [0.5, 0.6) is 0 Å². The van der Waals surface area contributed by atoms with Crippen molar-refractivity contribution in [3.63, 3.8) is 0 Å². The summed E-state index contributed by atoms with van der Waals surface area (Å²) in [7, 11) is 0. The molecular weight excluding hydrogens is 260 g/mol. The maximum atomic E-state index is 5.38. The van der Waals surface area contributed by atoms with E-state index in [2.05, 4.69) is 30.5 Å². The third kappa shape index (κ3) is 1.64. The van der Waals surface area contributed by atoms with Crippen molar-refractivity contribution >= 4 is 0 Å². The number of aromatic amines is 1. The Kier molecular flexibility index (Phi) is 2.41. The summed E-state index contributed by atoms with van der Waals surface area (Å²) in [5.41, 5.74) is 2.50. The summed E-state index contributed by atoms with van der Waals surface area (Å²) >= 11 is 0. The Labute approximate surface area is 113 Å². The van der Waals surface area contributed by atoms with Crippen LogP contribution >= 0.6 is 0 Å². The second-order valence-corrected chi connectivity index (χ2v) is 4.81. The van der Waals surface area contributed by atoms with Crippen LogP contribution in [0.1, 0.15) is 41.8 Å². The van der Waals surface area contributed by atoms with E-state index in [4.69, 9.17) is 8.94 Å². The summed E-state index contributed by atoms with van der Waals surface area (Å²) in [6.07, 6.45) is 4.27. The lowest BCUT2D eigenvalue weighted by atomic mass is 9.90. The van der Waals surface area contributed by atoms with Gasteiger partial charge in [-0.2, -0.15) is 20.4 Å². The number of nitrogens with zero attached hydrogens (tertiary/aromatic N) is 5. The summed E-state index contributed by atoms with van der Waals surface area (Å²) < 4.78 is 10.5. The molecule has 1 N–H and O–H groups in total. The quantitative estimate of drug-likeness (QED) is 0.755. The topological polar surface area (TPSA) is 107 Å². The van der Waals surface area contributed by atoms with E-state index in [0.29, 0.717) is 23.2 Å². The molecule has 3 heterocycles. The molecule has 3 aromatic rings. The molecule has 20 heavy (non-hydrogen) atoms. The molecule has 1 aliphatic carbocycles. The molecule has 0 saturated heterocycles. The molecule has 0 spiro atoms. The van der Waals surface area contributed by atoms with E-state index < -0.39 is 0 Å². The van der Waals surface area contributed by atoms with E-state index >= 15 is 0 Å². The summed E-state index contributed by atoms with van der Waals surface area (Å²) in [5, 5.41) is 15.0. The van der Waals surface area contributed by atoms with Crippen LogP contribution < -0.4 is 0 Å². The zero-order valence-corrected chi connectivity index (χ0v) is 10.8. The van der Waals surface area contributed by atoms with Crippen molar-refractivity contribution in [3.8, 4) is 11.5 Å². The Morgan fingerprint density at radius 2 is 2.30 bits per heavy atom. The molecule has 4 rings (SSSR count). The zero-order chi connectivity index (χ0) is 13.5. The molecule has 0 aromatic carbocycles. The number of hydrogen-bond donors (Lipinski definition) is 1. The van der Waals surface area contributed by atoms with E-state index in [1.54, 1.807) is 0 Å². The number of nitrogens with one attached hydrogen (secondary N) is 1. The highest BCUT2D eigenvalue weighted by Crippen LogP contribution is 2.34. The fourth-order valence-electron chi connectivity index (χ4n) is 2.57. The number of oxazole rings is 1. The van der Waals surface area contributed by atoms with Crippen LogP contribution in [-0.4, -0.2) is 30.5 Å². The van der Waals surface area contributed by atoms with Gasteiger partial charge in [0.25, 0.3) is 0 Å². The second-order valence-electron chi connectivity index (χ2n) is 4.81. The summed E-state index contributed by atoms with van der Waals surface area (Å²) in [6, 6.07) is 0. The van der Waals surface area contributed by atoms with Gasteiger partial charge in [0.2, 0.25) is 11.7 Å². The predicted octanol–water partition coefficient (Wildman–Crippen LogP) is 1.62. The Bertz CT molecular complexity index is 743. The number of H-pyrrole nitrogens is 1. The van der Waals surface area contributed by atoms with E-state index in [1.807, 2.05) is 6.92 Å². The van der Waals surface area contributed by atoms with Crippen molar-refractivity contribution in [1.82, 2.24) is 30.5 Å². The first-order valence-electron chi connectivity index (χ1n) is 6.46. The van der Waals surface area contributed by atoms with Gasteiger partial charge in [-0.15, -0.1) is 0 Å². The lowest BCUT2D eigenvalue weighted by Crippen LogP contribution is -2.11. The minimum Gasteiger partial charge on any atom is -0.448 e. The minimum absolute atomic E-state index is 0.00552. The molecule has 1 unspecified atom stereocenters. The maximum Gasteiger partial charge on any atom is 0.236 e. The normalized spacial score (nSPS) is 18.1. The molecule has 102 valence electrons. The molecule has 0 saturated carbocycles. The lowest BCUT2D eigenvalue weighted by Gasteiger charge is -2.15. The van der Waals surface area contributed by atoms with Crippen molar-refractivity contribution in [2.24, 2.45) is 0 Å². The third-order valence-electron chi connectivity index (χ3n) is 3.58. The predicted molar refractivity (Wildman–Crippen MR) is 65.7 cm³/mol. The van der Waals surface area contributed by atoms with Crippen LogP contribution in [0, 0.1) is 6.92 Å². The van der Waals surface area contributed by atoms with Crippen LogP contribution in [-0.2, 0) is 6.42 Å². The molecule has 0 amide bonds. The highest BCUT2D eigenvalue weighted by molar-refractivity contribution is 5.50. The average molecular weight is 272 g/mol. The van der Waals surface area contributed by atoms with Gasteiger partial charge < -0.3 is 8.94 Å². The first kappa shape index (κ1) is 11.3. The van der Waals surface area contributed by atoms with Gasteiger partial charge >= 0.3 is 0 Å². The number of aryl methyl sites for hydroxylation is 2. The number of rotatable bonds is 2. The van der Waals surface area contributed by atoms with Crippen molar-refractivity contribution in [2.75, 3.05) is 0 Å². The minimum atomic E-state index is 0.00552. The van der Waals surface area contributed by atoms with Gasteiger partial charge in [-0.3, -0.25) is 0 Å². The monoisotopic (exact) mass is 272 g/mol. The van der Waals surface area contributed by atoms with Gasteiger partial charge in [0.05, 0.1) is 17.3 Å². The highest BCUT2D eigenvalue weighted by Gasteiger charge is 2.30. The molecule has 0 radical (unpaired) electrons. The molecule has 1 aliphatic rings. The molecule has 0 aliphatic heterocycles. The first-order chi connectivity index (χ1) is 9.83. The highest BCUT2D eigenvalue weighted by atomic mass is 16.5. The van der Waals surface area contributed by atoms with Gasteiger partial charge in [-0.05, 0) is 26.2 Å². The smallest absolute Gasteiger partial charge is 0.236 e. The van der Waals surface area contributed by atoms with Crippen LogP contribution in [0.3, 0.4) is 0 Å². The van der Waals surface area contributed by atoms with Gasteiger partial charge in [0.1, 0.15) is 5.76 Å². The Morgan fingerprint density at radius 3 is 3.15 bits per heavy atom. The number of aromatic nitrogens is 6. The first-order valence-corrected chi connectivity index (χ1v) is 6.46. The molecular formula is C12H12N6O2. The molecule has 8 heteroatoms. The number of hydrogen-bond acceptors (Lipinski definition) is 7. The van der Waals surface area contributed by atoms with E-state index in [9.17, 15) is 0 Å². The zero-order valence-electron chi connectivity index (χ0n) is 10.8. The van der Waals surface area contributed by atoms with Crippen molar-refractivity contribution in [3.05, 3.63) is 29.4 Å². The maximum absolute atomic E-state index is 5.38. The van der Waals surface area contributed by atoms with Crippen LogP contribution in [0.2, 0.25) is 0 Å². The summed E-state index contributed by atoms with van der Waals surface area (Å²) in [4.78, 5) is 8.53. The van der Waals surface area contributed by atoms with Crippen molar-refractivity contribution in [2.45, 2.75) is 32.1 Å². The summed E-state index contributed by atoms with van der Waals surface area (Å²) in [6.45, 7) is 1.81. The fourth-order valence-corrected chi connectivity index (χ4v) is 2.57. The van der Waals surface area contributed by atoms with Gasteiger partial charge in [-0.1, -0.05) is 5.16 Å². The largest absolute Gasteiger partial charge is 0.448 e. The fraction of sp³-hybridized carbons (Fsp3) is 0.417. The van der Waals surface area contributed by atoms with Crippen molar-refractivity contribution in [1.29, 1.82) is 0 Å². The molecule has 0 fully saturated rings. The molecule has 8 nitrogen and oxygen atoms in total. The standard InChI is InChI=1S/C12H12N6O2/c1-6-9(13-5-19-6)11-14-12(20-17-11)7-3-2-4-8-10(7)16-18-15-8/h5,7H,2-4H2,1H3,(H,15,16,18). The number of fused-ring (bicyclic) bond motifs is 1. The van der Waals surface area contributed by atoms with Crippen LogP contribution in [0.15, 0.2) is 15.3 Å². The van der Waals surface area contributed by atoms with E-state index in [0.717, 1.165) is 30.7 Å². The molecule has 0 bridgehead atoms. The Balaban J connectivity index is 1.72. The van der Waals surface area contributed by atoms with E-state index in [-0.39, 0.29) is 5.92 Å². The SMILES string of the molecule is Cc1ocnc1-c1noc(C2CCCc3n[nH]nc32)n1. The summed E-state index contributed by atoms with van der Waals surface area (Å²) in [5.74, 6) is 1.67. The van der Waals surface area contributed by atoms with Crippen LogP contribution in [0.4, 0.5) is 0 Å². The van der Waals surface area contributed by atoms with Crippen LogP contribution in [0.25, 0.3) is 11.5 Å². The molecule has 1 atom stereocenters. The van der Waals surface area contributed by atoms with Crippen molar-refractivity contribution < 1.29 is 8.94 Å². The lowest BCUT2D eigenvalue weighted by molar-refractivity contribution is 0.352. The third-order valence-corrected chi connectivity index (χ3v) is 3.58. The second kappa shape index (κ2) is 4.26. The van der Waals surface area contributed by atoms with Gasteiger partial charge in [-0.25, -0.2) is 4.98 Å². The molecule has 3 aromatic heterocycles. The van der Waals surface area contributed by atoms with Gasteiger partial charge in [0.15, 0.2) is 12.1 Å². The van der Waals surface area contributed by atoms with E-state index in [1.165, 1.54) is 6.39 Å². The average Bonchev–Trinajstić information content (AvgIpc) is 3.17.